The highest BCUT2D eigenvalue weighted by atomic mass is 35.5. The molecule has 3 aromatic rings. The largest absolute Gasteiger partial charge is 0.350 e. The summed E-state index contributed by atoms with van der Waals surface area (Å²) in [4.78, 5) is 25.1. The van der Waals surface area contributed by atoms with E-state index in [1.54, 1.807) is 18.5 Å². The van der Waals surface area contributed by atoms with Crippen molar-refractivity contribution in [2.24, 2.45) is 0 Å². The van der Waals surface area contributed by atoms with Crippen molar-refractivity contribution < 1.29 is 9.59 Å². The summed E-state index contributed by atoms with van der Waals surface area (Å²) >= 11 is 6.45. The quantitative estimate of drug-likeness (QED) is 0.608. The minimum Gasteiger partial charge on any atom is -0.350 e. The van der Waals surface area contributed by atoms with E-state index in [0.717, 1.165) is 11.1 Å². The molecule has 2 N–H and O–H groups in total. The third-order valence-corrected chi connectivity index (χ3v) is 5.18. The summed E-state index contributed by atoms with van der Waals surface area (Å²) in [6.07, 6.45) is 0. The zero-order valence-electron chi connectivity index (χ0n) is 17.3. The average Bonchev–Trinajstić information content (AvgIpc) is 3.01. The SMILES string of the molecule is Cc1ccc(Cn2nc(C)c(C(=O)NC(C)C(=O)NCc3ccccc3)c2Cl)cc1. The number of nitrogens with zero attached hydrogens (tertiary/aromatic N) is 2. The maximum absolute atomic E-state index is 12.8. The third-order valence-electron chi connectivity index (χ3n) is 4.80. The van der Waals surface area contributed by atoms with E-state index in [1.165, 1.54) is 5.56 Å². The molecule has 7 heteroatoms. The zero-order valence-corrected chi connectivity index (χ0v) is 18.0. The Kier molecular flexibility index (Phi) is 6.90. The second kappa shape index (κ2) is 9.59. The van der Waals surface area contributed by atoms with Gasteiger partial charge >= 0.3 is 0 Å². The molecule has 30 heavy (non-hydrogen) atoms. The lowest BCUT2D eigenvalue weighted by atomic mass is 10.1. The predicted molar refractivity (Wildman–Crippen MR) is 117 cm³/mol. The van der Waals surface area contributed by atoms with E-state index in [-0.39, 0.29) is 16.6 Å². The highest BCUT2D eigenvalue weighted by molar-refractivity contribution is 6.33. The van der Waals surface area contributed by atoms with Crippen molar-refractivity contribution in [3.8, 4) is 0 Å². The second-order valence-corrected chi connectivity index (χ2v) is 7.65. The Bertz CT molecular complexity index is 1030. The standard InChI is InChI=1S/C23H25ClN4O2/c1-15-9-11-19(12-10-15)14-28-21(24)20(16(2)27-28)23(30)26-17(3)22(29)25-13-18-7-5-4-6-8-18/h4-12,17H,13-14H2,1-3H3,(H,25,29)(H,26,30). The summed E-state index contributed by atoms with van der Waals surface area (Å²) in [5, 5.41) is 10.2. The van der Waals surface area contributed by atoms with Gasteiger partial charge in [0.1, 0.15) is 11.2 Å². The molecule has 0 aliphatic heterocycles. The first-order valence-corrected chi connectivity index (χ1v) is 10.1. The van der Waals surface area contributed by atoms with Crippen LogP contribution < -0.4 is 10.6 Å². The Balaban J connectivity index is 1.63. The summed E-state index contributed by atoms with van der Waals surface area (Å²) in [5.74, 6) is -0.692. The first-order chi connectivity index (χ1) is 14.3. The molecule has 0 aliphatic rings. The maximum atomic E-state index is 12.8. The number of hydrogen-bond acceptors (Lipinski definition) is 3. The van der Waals surface area contributed by atoms with Gasteiger partial charge in [0.25, 0.3) is 5.91 Å². The molecule has 2 amide bonds. The number of hydrogen-bond donors (Lipinski definition) is 2. The lowest BCUT2D eigenvalue weighted by molar-refractivity contribution is -0.122. The number of carbonyl (C=O) groups excluding carboxylic acids is 2. The molecule has 3 rings (SSSR count). The number of amides is 2. The molecule has 0 saturated heterocycles. The van der Waals surface area contributed by atoms with Gasteiger partial charge in [-0.25, -0.2) is 4.68 Å². The molecular formula is C23H25ClN4O2. The Labute approximate surface area is 181 Å². The number of halogens is 1. The van der Waals surface area contributed by atoms with E-state index < -0.39 is 11.9 Å². The van der Waals surface area contributed by atoms with E-state index in [1.807, 2.05) is 61.5 Å². The first kappa shape index (κ1) is 21.6. The van der Waals surface area contributed by atoms with E-state index in [0.29, 0.717) is 18.8 Å². The van der Waals surface area contributed by atoms with Crippen LogP contribution in [0.4, 0.5) is 0 Å². The Morgan fingerprint density at radius 2 is 1.70 bits per heavy atom. The molecule has 0 radical (unpaired) electrons. The van der Waals surface area contributed by atoms with Crippen LogP contribution in [0.5, 0.6) is 0 Å². The van der Waals surface area contributed by atoms with Crippen LogP contribution >= 0.6 is 11.6 Å². The Morgan fingerprint density at radius 3 is 2.37 bits per heavy atom. The fraction of sp³-hybridized carbons (Fsp3) is 0.261. The van der Waals surface area contributed by atoms with Crippen LogP contribution in [0.3, 0.4) is 0 Å². The molecule has 1 atom stereocenters. The number of carbonyl (C=O) groups is 2. The lowest BCUT2D eigenvalue weighted by Gasteiger charge is -2.14. The van der Waals surface area contributed by atoms with E-state index >= 15 is 0 Å². The van der Waals surface area contributed by atoms with E-state index in [4.69, 9.17) is 11.6 Å². The summed E-state index contributed by atoms with van der Waals surface area (Å²) in [6, 6.07) is 16.9. The van der Waals surface area contributed by atoms with Crippen LogP contribution in [-0.2, 0) is 17.9 Å². The topological polar surface area (TPSA) is 76.0 Å². The number of rotatable bonds is 7. The van der Waals surface area contributed by atoms with Gasteiger partial charge < -0.3 is 10.6 Å². The van der Waals surface area contributed by atoms with Crippen LogP contribution in [0.1, 0.15) is 39.7 Å². The molecule has 0 saturated carbocycles. The van der Waals surface area contributed by atoms with Gasteiger partial charge in [0.15, 0.2) is 0 Å². The van der Waals surface area contributed by atoms with Crippen LogP contribution in [0.25, 0.3) is 0 Å². The molecule has 0 bridgehead atoms. The molecule has 6 nitrogen and oxygen atoms in total. The van der Waals surface area contributed by atoms with Gasteiger partial charge in [-0.05, 0) is 31.9 Å². The normalized spacial score (nSPS) is 11.7. The van der Waals surface area contributed by atoms with Crippen molar-refractivity contribution in [3.05, 3.63) is 87.7 Å². The molecular weight excluding hydrogens is 400 g/mol. The molecule has 0 spiro atoms. The minimum atomic E-state index is -0.711. The van der Waals surface area contributed by atoms with Crippen molar-refractivity contribution in [1.82, 2.24) is 20.4 Å². The third kappa shape index (κ3) is 5.27. The van der Waals surface area contributed by atoms with Crippen molar-refractivity contribution in [3.63, 3.8) is 0 Å². The summed E-state index contributed by atoms with van der Waals surface area (Å²) in [7, 11) is 0. The molecule has 1 heterocycles. The first-order valence-electron chi connectivity index (χ1n) is 9.76. The van der Waals surface area contributed by atoms with Crippen molar-refractivity contribution in [2.75, 3.05) is 0 Å². The van der Waals surface area contributed by atoms with Gasteiger partial charge in [0.2, 0.25) is 5.91 Å². The number of benzene rings is 2. The number of aryl methyl sites for hydroxylation is 2. The van der Waals surface area contributed by atoms with Gasteiger partial charge in [0.05, 0.1) is 17.8 Å². The fourth-order valence-corrected chi connectivity index (χ4v) is 3.38. The van der Waals surface area contributed by atoms with Crippen LogP contribution in [0.15, 0.2) is 54.6 Å². The summed E-state index contributed by atoms with van der Waals surface area (Å²) in [5.41, 5.74) is 3.99. The lowest BCUT2D eigenvalue weighted by Crippen LogP contribution is -2.44. The smallest absolute Gasteiger partial charge is 0.256 e. The van der Waals surface area contributed by atoms with Gasteiger partial charge in [-0.1, -0.05) is 71.8 Å². The van der Waals surface area contributed by atoms with Crippen molar-refractivity contribution in [1.29, 1.82) is 0 Å². The monoisotopic (exact) mass is 424 g/mol. The highest BCUT2D eigenvalue weighted by Gasteiger charge is 2.23. The highest BCUT2D eigenvalue weighted by Crippen LogP contribution is 2.21. The van der Waals surface area contributed by atoms with E-state index in [9.17, 15) is 9.59 Å². The number of aromatic nitrogens is 2. The predicted octanol–water partition coefficient (Wildman–Crippen LogP) is 3.64. The van der Waals surface area contributed by atoms with Gasteiger partial charge in [-0.15, -0.1) is 0 Å². The second-order valence-electron chi connectivity index (χ2n) is 7.29. The molecule has 0 aliphatic carbocycles. The van der Waals surface area contributed by atoms with Crippen LogP contribution in [-0.4, -0.2) is 27.6 Å². The van der Waals surface area contributed by atoms with Crippen LogP contribution in [0, 0.1) is 13.8 Å². The zero-order chi connectivity index (χ0) is 21.7. The summed E-state index contributed by atoms with van der Waals surface area (Å²) in [6.45, 7) is 6.24. The van der Waals surface area contributed by atoms with Crippen LogP contribution in [0.2, 0.25) is 5.15 Å². The molecule has 156 valence electrons. The molecule has 1 aromatic heterocycles. The van der Waals surface area contributed by atoms with Gasteiger partial charge in [0, 0.05) is 6.54 Å². The maximum Gasteiger partial charge on any atom is 0.256 e. The molecule has 2 aromatic carbocycles. The van der Waals surface area contributed by atoms with Gasteiger partial charge in [-0.3, -0.25) is 9.59 Å². The molecule has 0 fully saturated rings. The Hall–Kier alpha value is -3.12. The van der Waals surface area contributed by atoms with E-state index in [2.05, 4.69) is 15.7 Å². The van der Waals surface area contributed by atoms with Crippen molar-refractivity contribution >= 4 is 23.4 Å². The van der Waals surface area contributed by atoms with Crippen molar-refractivity contribution in [2.45, 2.75) is 39.9 Å². The average molecular weight is 425 g/mol. The Morgan fingerprint density at radius 1 is 1.03 bits per heavy atom. The fourth-order valence-electron chi connectivity index (χ4n) is 3.05. The summed E-state index contributed by atoms with van der Waals surface area (Å²) < 4.78 is 1.59. The van der Waals surface area contributed by atoms with Gasteiger partial charge in [-0.2, -0.15) is 5.10 Å². The minimum absolute atomic E-state index is 0.252. The molecule has 1 unspecified atom stereocenters. The number of nitrogens with one attached hydrogen (secondary N) is 2.